The van der Waals surface area contributed by atoms with Crippen molar-refractivity contribution in [2.24, 2.45) is 0 Å². The highest BCUT2D eigenvalue weighted by Gasteiger charge is 2.36. The number of hydrogen-bond acceptors (Lipinski definition) is 2. The summed E-state index contributed by atoms with van der Waals surface area (Å²) in [6.45, 7) is 2.71. The van der Waals surface area contributed by atoms with Crippen molar-refractivity contribution in [1.82, 2.24) is 5.32 Å². The van der Waals surface area contributed by atoms with Crippen molar-refractivity contribution in [2.45, 2.75) is 31.8 Å². The van der Waals surface area contributed by atoms with Crippen LogP contribution >= 0.6 is 0 Å². The third kappa shape index (κ3) is 1.87. The minimum absolute atomic E-state index is 0.227. The van der Waals surface area contributed by atoms with Gasteiger partial charge in [-0.1, -0.05) is 12.1 Å². The molecule has 0 amide bonds. The molecule has 1 aromatic rings. The maximum atomic E-state index is 13.4. The molecule has 0 atom stereocenters. The van der Waals surface area contributed by atoms with Gasteiger partial charge in [0.25, 0.3) is 0 Å². The first-order valence-corrected chi connectivity index (χ1v) is 4.89. The Bertz CT molecular complexity index is 345. The van der Waals surface area contributed by atoms with Crippen LogP contribution in [0.3, 0.4) is 0 Å². The summed E-state index contributed by atoms with van der Waals surface area (Å²) in [6, 6.07) is 5.13. The molecule has 1 saturated carbocycles. The Labute approximate surface area is 83.3 Å². The molecule has 2 rings (SSSR count). The lowest BCUT2D eigenvalue weighted by Crippen LogP contribution is -2.27. The van der Waals surface area contributed by atoms with Crippen LogP contribution in [-0.2, 0) is 6.54 Å². The van der Waals surface area contributed by atoms with Gasteiger partial charge in [-0.15, -0.1) is 0 Å². The van der Waals surface area contributed by atoms with Crippen LogP contribution in [0.5, 0.6) is 0 Å². The summed E-state index contributed by atoms with van der Waals surface area (Å²) in [5.74, 6) is -0.288. The van der Waals surface area contributed by atoms with Crippen LogP contribution in [0, 0.1) is 5.82 Å². The zero-order valence-corrected chi connectivity index (χ0v) is 8.31. The number of nitrogens with one attached hydrogen (secondary N) is 1. The first-order chi connectivity index (χ1) is 6.61. The summed E-state index contributed by atoms with van der Waals surface area (Å²) in [7, 11) is 0. The van der Waals surface area contributed by atoms with E-state index in [9.17, 15) is 4.39 Å². The van der Waals surface area contributed by atoms with E-state index in [0.717, 1.165) is 0 Å². The van der Waals surface area contributed by atoms with Gasteiger partial charge in [-0.25, -0.2) is 4.39 Å². The lowest BCUT2D eigenvalue weighted by molar-refractivity contribution is 0.519. The molecule has 0 saturated heterocycles. The standard InChI is InChI=1S/C11H15FN2/c1-11(5-6-11)14-7-8-3-2-4-9(13)10(8)12/h2-4,14H,5-7,13H2,1H3. The van der Waals surface area contributed by atoms with Gasteiger partial charge in [0.05, 0.1) is 5.69 Å². The molecule has 76 valence electrons. The first kappa shape index (κ1) is 9.46. The zero-order valence-electron chi connectivity index (χ0n) is 8.31. The van der Waals surface area contributed by atoms with Gasteiger partial charge in [0.15, 0.2) is 5.82 Å². The average molecular weight is 194 g/mol. The lowest BCUT2D eigenvalue weighted by atomic mass is 10.1. The van der Waals surface area contributed by atoms with Crippen LogP contribution in [0.25, 0.3) is 0 Å². The largest absolute Gasteiger partial charge is 0.396 e. The van der Waals surface area contributed by atoms with E-state index >= 15 is 0 Å². The highest BCUT2D eigenvalue weighted by Crippen LogP contribution is 2.34. The molecule has 0 heterocycles. The molecule has 1 aliphatic carbocycles. The van der Waals surface area contributed by atoms with Crippen molar-refractivity contribution < 1.29 is 4.39 Å². The number of nitrogens with two attached hydrogens (primary N) is 1. The van der Waals surface area contributed by atoms with Gasteiger partial charge in [-0.2, -0.15) is 0 Å². The molecule has 0 radical (unpaired) electrons. The fourth-order valence-electron chi connectivity index (χ4n) is 1.41. The van der Waals surface area contributed by atoms with Gasteiger partial charge >= 0.3 is 0 Å². The normalized spacial score (nSPS) is 18.1. The van der Waals surface area contributed by atoms with Crippen molar-refractivity contribution in [3.63, 3.8) is 0 Å². The molecular weight excluding hydrogens is 179 g/mol. The minimum Gasteiger partial charge on any atom is -0.396 e. The predicted octanol–water partition coefficient (Wildman–Crippen LogP) is 2.05. The smallest absolute Gasteiger partial charge is 0.150 e. The van der Waals surface area contributed by atoms with E-state index in [0.29, 0.717) is 12.1 Å². The van der Waals surface area contributed by atoms with Gasteiger partial charge in [0, 0.05) is 17.6 Å². The van der Waals surface area contributed by atoms with Crippen LogP contribution in [0.1, 0.15) is 25.3 Å². The molecular formula is C11H15FN2. The monoisotopic (exact) mass is 194 g/mol. The summed E-state index contributed by atoms with van der Waals surface area (Å²) in [6.07, 6.45) is 2.36. The Morgan fingerprint density at radius 2 is 2.21 bits per heavy atom. The topological polar surface area (TPSA) is 38.0 Å². The molecule has 1 aromatic carbocycles. The second kappa shape index (κ2) is 3.24. The number of hydrogen-bond donors (Lipinski definition) is 2. The number of nitrogen functional groups attached to an aromatic ring is 1. The molecule has 14 heavy (non-hydrogen) atoms. The molecule has 2 nitrogen and oxygen atoms in total. The summed E-state index contributed by atoms with van der Waals surface area (Å²) in [5, 5.41) is 3.32. The molecule has 0 unspecified atom stereocenters. The summed E-state index contributed by atoms with van der Waals surface area (Å²) in [4.78, 5) is 0. The van der Waals surface area contributed by atoms with Crippen LogP contribution < -0.4 is 11.1 Å². The van der Waals surface area contributed by atoms with Crippen molar-refractivity contribution in [3.8, 4) is 0 Å². The zero-order chi connectivity index (χ0) is 10.2. The Balaban J connectivity index is 2.05. The maximum absolute atomic E-state index is 13.4. The molecule has 0 aromatic heterocycles. The fraction of sp³-hybridized carbons (Fsp3) is 0.455. The van der Waals surface area contributed by atoms with Crippen LogP contribution in [-0.4, -0.2) is 5.54 Å². The van der Waals surface area contributed by atoms with E-state index in [4.69, 9.17) is 5.73 Å². The third-order valence-corrected chi connectivity index (χ3v) is 2.81. The van der Waals surface area contributed by atoms with Crippen molar-refractivity contribution in [3.05, 3.63) is 29.6 Å². The summed E-state index contributed by atoms with van der Waals surface area (Å²) < 4.78 is 13.4. The fourth-order valence-corrected chi connectivity index (χ4v) is 1.41. The highest BCUT2D eigenvalue weighted by molar-refractivity contribution is 5.42. The Morgan fingerprint density at radius 3 is 2.86 bits per heavy atom. The number of halogens is 1. The molecule has 3 N–H and O–H groups in total. The van der Waals surface area contributed by atoms with E-state index in [-0.39, 0.29) is 17.0 Å². The Kier molecular flexibility index (Phi) is 2.19. The second-order valence-corrected chi connectivity index (χ2v) is 4.23. The van der Waals surface area contributed by atoms with Crippen molar-refractivity contribution in [2.75, 3.05) is 5.73 Å². The van der Waals surface area contributed by atoms with E-state index in [2.05, 4.69) is 12.2 Å². The third-order valence-electron chi connectivity index (χ3n) is 2.81. The summed E-state index contributed by atoms with van der Waals surface area (Å²) in [5.41, 5.74) is 6.58. The maximum Gasteiger partial charge on any atom is 0.150 e. The Hall–Kier alpha value is -1.09. The number of rotatable bonds is 3. The predicted molar refractivity (Wildman–Crippen MR) is 55.3 cm³/mol. The van der Waals surface area contributed by atoms with Crippen LogP contribution in [0.15, 0.2) is 18.2 Å². The molecule has 1 aliphatic rings. The van der Waals surface area contributed by atoms with E-state index in [1.54, 1.807) is 18.2 Å². The molecule has 0 spiro atoms. The van der Waals surface area contributed by atoms with Gasteiger partial charge in [0.2, 0.25) is 0 Å². The minimum atomic E-state index is -0.288. The lowest BCUT2D eigenvalue weighted by Gasteiger charge is -2.12. The Morgan fingerprint density at radius 1 is 1.50 bits per heavy atom. The van der Waals surface area contributed by atoms with Crippen molar-refractivity contribution >= 4 is 5.69 Å². The van der Waals surface area contributed by atoms with E-state index in [1.165, 1.54) is 12.8 Å². The molecule has 1 fully saturated rings. The van der Waals surface area contributed by atoms with Gasteiger partial charge in [0.1, 0.15) is 0 Å². The number of anilines is 1. The van der Waals surface area contributed by atoms with Gasteiger partial charge in [-0.3, -0.25) is 0 Å². The first-order valence-electron chi connectivity index (χ1n) is 4.89. The quantitative estimate of drug-likeness (QED) is 0.723. The van der Waals surface area contributed by atoms with E-state index < -0.39 is 0 Å². The average Bonchev–Trinajstić information content (AvgIpc) is 2.88. The number of benzene rings is 1. The van der Waals surface area contributed by atoms with Crippen molar-refractivity contribution in [1.29, 1.82) is 0 Å². The molecule has 0 aliphatic heterocycles. The van der Waals surface area contributed by atoms with Gasteiger partial charge in [-0.05, 0) is 25.8 Å². The van der Waals surface area contributed by atoms with Gasteiger partial charge < -0.3 is 11.1 Å². The van der Waals surface area contributed by atoms with Crippen LogP contribution in [0.4, 0.5) is 10.1 Å². The molecule has 0 bridgehead atoms. The highest BCUT2D eigenvalue weighted by atomic mass is 19.1. The molecule has 3 heteroatoms. The second-order valence-electron chi connectivity index (χ2n) is 4.23. The van der Waals surface area contributed by atoms with E-state index in [1.807, 2.05) is 0 Å². The van der Waals surface area contributed by atoms with Crippen LogP contribution in [0.2, 0.25) is 0 Å². The SMILES string of the molecule is CC1(NCc2cccc(N)c2F)CC1. The summed E-state index contributed by atoms with van der Waals surface area (Å²) >= 11 is 0.